The molecule has 0 rings (SSSR count). The lowest BCUT2D eigenvalue weighted by Gasteiger charge is -2.04. The van der Waals surface area contributed by atoms with Crippen LogP contribution in [0.15, 0.2) is 25.0 Å². The first-order chi connectivity index (χ1) is 4.59. The highest BCUT2D eigenvalue weighted by Gasteiger charge is 2.11. The molecule has 0 aromatic carbocycles. The van der Waals surface area contributed by atoms with Gasteiger partial charge >= 0.3 is 5.97 Å². The molecule has 0 radical (unpaired) electrons. The monoisotopic (exact) mass is 142 g/mol. The lowest BCUT2D eigenvalue weighted by molar-refractivity contribution is -0.134. The van der Waals surface area contributed by atoms with Gasteiger partial charge in [0, 0.05) is 0 Å². The van der Waals surface area contributed by atoms with E-state index in [-0.39, 0.29) is 5.57 Å². The summed E-state index contributed by atoms with van der Waals surface area (Å²) in [6, 6.07) is 0. The molecule has 0 aromatic rings. The lowest BCUT2D eigenvalue weighted by atomic mass is 10.2. The number of hydrogen-bond acceptors (Lipinski definition) is 3. The highest BCUT2D eigenvalue weighted by Crippen LogP contribution is 2.00. The van der Waals surface area contributed by atoms with E-state index in [2.05, 4.69) is 17.9 Å². The second-order valence-electron chi connectivity index (χ2n) is 1.77. The van der Waals surface area contributed by atoms with Crippen LogP contribution < -0.4 is 0 Å². The highest BCUT2D eigenvalue weighted by atomic mass is 16.5. The van der Waals surface area contributed by atoms with Crippen molar-refractivity contribution >= 4 is 5.97 Å². The van der Waals surface area contributed by atoms with Gasteiger partial charge in [-0.3, -0.25) is 0 Å². The van der Waals surface area contributed by atoms with Crippen LogP contribution in [0.2, 0.25) is 0 Å². The first-order valence-corrected chi connectivity index (χ1v) is 2.78. The zero-order valence-electron chi connectivity index (χ0n) is 5.83. The molecule has 0 saturated carbocycles. The number of ether oxygens (including phenoxy) is 1. The Labute approximate surface area is 59.6 Å². The molecule has 3 nitrogen and oxygen atoms in total. The summed E-state index contributed by atoms with van der Waals surface area (Å²) in [5.41, 5.74) is 0.0277. The number of hydrogen-bond donors (Lipinski definition) is 1. The minimum Gasteiger partial charge on any atom is -0.432 e. The number of carbonyl (C=O) groups is 1. The molecule has 56 valence electrons. The van der Waals surface area contributed by atoms with Gasteiger partial charge < -0.3 is 9.84 Å². The molecule has 0 spiro atoms. The van der Waals surface area contributed by atoms with Gasteiger partial charge in [0.1, 0.15) is 0 Å². The van der Waals surface area contributed by atoms with E-state index >= 15 is 0 Å². The van der Waals surface area contributed by atoms with Crippen molar-refractivity contribution in [3.8, 4) is 0 Å². The maximum Gasteiger partial charge on any atom is 0.340 e. The number of rotatable bonds is 3. The normalized spacial score (nSPS) is 11.8. The van der Waals surface area contributed by atoms with E-state index in [1.165, 1.54) is 6.92 Å². The summed E-state index contributed by atoms with van der Waals surface area (Å²) in [4.78, 5) is 10.6. The molecule has 0 heterocycles. The van der Waals surface area contributed by atoms with Gasteiger partial charge in [-0.25, -0.2) is 4.79 Å². The average molecular weight is 142 g/mol. The Bertz CT molecular complexity index is 158. The Balaban J connectivity index is 3.95. The molecule has 1 N–H and O–H groups in total. The zero-order chi connectivity index (χ0) is 8.15. The molecule has 0 aliphatic carbocycles. The van der Waals surface area contributed by atoms with Gasteiger partial charge in [-0.1, -0.05) is 13.2 Å². The third-order valence-corrected chi connectivity index (χ3v) is 0.957. The van der Waals surface area contributed by atoms with E-state index < -0.39 is 12.1 Å². The molecule has 0 aliphatic heterocycles. The molecule has 10 heavy (non-hydrogen) atoms. The first kappa shape index (κ1) is 8.91. The van der Waals surface area contributed by atoms with Crippen molar-refractivity contribution in [1.29, 1.82) is 0 Å². The van der Waals surface area contributed by atoms with Crippen LogP contribution in [0, 0.1) is 0 Å². The van der Waals surface area contributed by atoms with Gasteiger partial charge in [0.15, 0.2) is 0 Å². The second-order valence-corrected chi connectivity index (χ2v) is 1.77. The molecule has 0 aromatic heterocycles. The SMILES string of the molecule is C=COC(=O)C(=C)C(C)O. The molecular formula is C7H10O3. The summed E-state index contributed by atoms with van der Waals surface area (Å²) in [6.45, 7) is 7.91. The van der Waals surface area contributed by atoms with Crippen LogP contribution in [0.4, 0.5) is 0 Å². The van der Waals surface area contributed by atoms with E-state index in [1.807, 2.05) is 0 Å². The third kappa shape index (κ3) is 2.46. The molecule has 0 bridgehead atoms. The van der Waals surface area contributed by atoms with Crippen LogP contribution >= 0.6 is 0 Å². The minimum absolute atomic E-state index is 0.0277. The van der Waals surface area contributed by atoms with E-state index in [0.29, 0.717) is 0 Å². The summed E-state index contributed by atoms with van der Waals surface area (Å²) in [6.07, 6.45) is 0.128. The van der Waals surface area contributed by atoms with Gasteiger partial charge in [-0.15, -0.1) is 0 Å². The predicted octanol–water partition coefficient (Wildman–Crippen LogP) is 0.610. The van der Waals surface area contributed by atoms with E-state index in [9.17, 15) is 4.79 Å². The van der Waals surface area contributed by atoms with Crippen LogP contribution in [0.25, 0.3) is 0 Å². The fourth-order valence-corrected chi connectivity index (χ4v) is 0.322. The van der Waals surface area contributed by atoms with Crippen molar-refractivity contribution in [2.45, 2.75) is 13.0 Å². The van der Waals surface area contributed by atoms with E-state index in [4.69, 9.17) is 5.11 Å². The van der Waals surface area contributed by atoms with Crippen LogP contribution in [0.1, 0.15) is 6.92 Å². The number of carbonyl (C=O) groups excluding carboxylic acids is 1. The van der Waals surface area contributed by atoms with Crippen molar-refractivity contribution in [3.05, 3.63) is 25.0 Å². The highest BCUT2D eigenvalue weighted by molar-refractivity contribution is 5.89. The molecule has 0 saturated heterocycles. The Kier molecular flexibility index (Phi) is 3.43. The number of aliphatic hydroxyl groups is 1. The van der Waals surface area contributed by atoms with Gasteiger partial charge in [0.25, 0.3) is 0 Å². The third-order valence-electron chi connectivity index (χ3n) is 0.957. The van der Waals surface area contributed by atoms with E-state index in [1.54, 1.807) is 0 Å². The Morgan fingerprint density at radius 2 is 2.30 bits per heavy atom. The van der Waals surface area contributed by atoms with Gasteiger partial charge in [0.2, 0.25) is 0 Å². The van der Waals surface area contributed by atoms with Crippen LogP contribution in [0.3, 0.4) is 0 Å². The molecule has 0 amide bonds. The van der Waals surface area contributed by atoms with Crippen LogP contribution in [0.5, 0.6) is 0 Å². The average Bonchev–Trinajstić information content (AvgIpc) is 1.87. The molecule has 3 heteroatoms. The maximum absolute atomic E-state index is 10.6. The summed E-state index contributed by atoms with van der Waals surface area (Å²) in [7, 11) is 0. The molecular weight excluding hydrogens is 132 g/mol. The first-order valence-electron chi connectivity index (χ1n) is 2.78. The molecule has 0 fully saturated rings. The van der Waals surface area contributed by atoms with Gasteiger partial charge in [-0.2, -0.15) is 0 Å². The van der Waals surface area contributed by atoms with Crippen LogP contribution in [-0.4, -0.2) is 17.2 Å². The molecule has 0 aliphatic rings. The zero-order valence-corrected chi connectivity index (χ0v) is 5.83. The fraction of sp³-hybridized carbons (Fsp3) is 0.286. The van der Waals surface area contributed by atoms with Crippen molar-refractivity contribution < 1.29 is 14.6 Å². The summed E-state index contributed by atoms with van der Waals surface area (Å²) in [5.74, 6) is -0.648. The van der Waals surface area contributed by atoms with Crippen LogP contribution in [-0.2, 0) is 9.53 Å². The largest absolute Gasteiger partial charge is 0.432 e. The van der Waals surface area contributed by atoms with Gasteiger partial charge in [0.05, 0.1) is 17.9 Å². The van der Waals surface area contributed by atoms with Crippen molar-refractivity contribution in [2.75, 3.05) is 0 Å². The van der Waals surface area contributed by atoms with Gasteiger partial charge in [-0.05, 0) is 6.92 Å². The number of aliphatic hydroxyl groups excluding tert-OH is 1. The minimum atomic E-state index is -0.868. The predicted molar refractivity (Wildman–Crippen MR) is 37.1 cm³/mol. The standard InChI is InChI=1S/C7H10O3/c1-4-10-7(9)5(2)6(3)8/h4,6,8H,1-2H2,3H3. The second kappa shape index (κ2) is 3.85. The molecule has 1 atom stereocenters. The summed E-state index contributed by atoms with van der Waals surface area (Å²) in [5, 5.41) is 8.78. The molecule has 1 unspecified atom stereocenters. The number of esters is 1. The Hall–Kier alpha value is -1.09. The fourth-order valence-electron chi connectivity index (χ4n) is 0.322. The van der Waals surface area contributed by atoms with E-state index in [0.717, 1.165) is 6.26 Å². The Morgan fingerprint density at radius 3 is 2.60 bits per heavy atom. The van der Waals surface area contributed by atoms with Crippen molar-refractivity contribution in [2.24, 2.45) is 0 Å². The quantitative estimate of drug-likeness (QED) is 0.357. The van der Waals surface area contributed by atoms with Crippen molar-refractivity contribution in [1.82, 2.24) is 0 Å². The summed E-state index contributed by atoms with van der Waals surface area (Å²) >= 11 is 0. The topological polar surface area (TPSA) is 46.5 Å². The Morgan fingerprint density at radius 1 is 1.80 bits per heavy atom. The smallest absolute Gasteiger partial charge is 0.340 e. The van der Waals surface area contributed by atoms with Crippen molar-refractivity contribution in [3.63, 3.8) is 0 Å². The summed E-state index contributed by atoms with van der Waals surface area (Å²) < 4.78 is 4.33. The lowest BCUT2D eigenvalue weighted by Crippen LogP contribution is -2.14. The maximum atomic E-state index is 10.6.